The standard InChI is InChI=1S/C21H20N4O2/c1-12-8-13(2)10-15(9-12)22-21(26)16-11-17(18-6-5-7-27-18)23-20-19(16)14(3)24-25(20)4/h5-11H,1-4H3,(H,22,26). The summed E-state index contributed by atoms with van der Waals surface area (Å²) in [6, 6.07) is 11.3. The zero-order valence-electron chi connectivity index (χ0n) is 15.7. The number of aromatic nitrogens is 3. The van der Waals surface area contributed by atoms with Gasteiger partial charge in [0.1, 0.15) is 5.69 Å². The van der Waals surface area contributed by atoms with E-state index in [1.165, 1.54) is 0 Å². The average molecular weight is 360 g/mol. The van der Waals surface area contributed by atoms with Crippen molar-refractivity contribution in [2.45, 2.75) is 20.8 Å². The second kappa shape index (κ2) is 6.39. The smallest absolute Gasteiger partial charge is 0.256 e. The van der Waals surface area contributed by atoms with Crippen LogP contribution in [0.4, 0.5) is 5.69 Å². The summed E-state index contributed by atoms with van der Waals surface area (Å²) in [7, 11) is 1.82. The summed E-state index contributed by atoms with van der Waals surface area (Å²) in [6.07, 6.45) is 1.59. The van der Waals surface area contributed by atoms with E-state index in [0.717, 1.165) is 27.9 Å². The fourth-order valence-electron chi connectivity index (χ4n) is 3.42. The molecule has 6 heteroatoms. The highest BCUT2D eigenvalue weighted by molar-refractivity contribution is 6.13. The van der Waals surface area contributed by atoms with Gasteiger partial charge >= 0.3 is 0 Å². The van der Waals surface area contributed by atoms with E-state index in [9.17, 15) is 4.79 Å². The number of amides is 1. The molecule has 0 aliphatic rings. The van der Waals surface area contributed by atoms with Crippen molar-refractivity contribution in [1.29, 1.82) is 0 Å². The van der Waals surface area contributed by atoms with Gasteiger partial charge in [-0.3, -0.25) is 9.48 Å². The Morgan fingerprint density at radius 3 is 2.52 bits per heavy atom. The quantitative estimate of drug-likeness (QED) is 0.587. The Balaban J connectivity index is 1.85. The molecule has 3 aromatic heterocycles. The molecular formula is C21H20N4O2. The van der Waals surface area contributed by atoms with Gasteiger partial charge in [-0.05, 0) is 62.2 Å². The lowest BCUT2D eigenvalue weighted by Crippen LogP contribution is -2.13. The highest BCUT2D eigenvalue weighted by atomic mass is 16.3. The van der Waals surface area contributed by atoms with Gasteiger partial charge < -0.3 is 9.73 Å². The first-order valence-electron chi connectivity index (χ1n) is 8.70. The Bertz CT molecular complexity index is 1140. The molecule has 0 radical (unpaired) electrons. The van der Waals surface area contributed by atoms with Crippen molar-refractivity contribution < 1.29 is 9.21 Å². The van der Waals surface area contributed by atoms with Crippen LogP contribution in [0.15, 0.2) is 47.1 Å². The van der Waals surface area contributed by atoms with Crippen LogP contribution in [0.25, 0.3) is 22.5 Å². The van der Waals surface area contributed by atoms with E-state index in [1.54, 1.807) is 23.1 Å². The third-order valence-corrected chi connectivity index (χ3v) is 4.47. The van der Waals surface area contributed by atoms with E-state index in [2.05, 4.69) is 21.5 Å². The number of furan rings is 1. The minimum atomic E-state index is -0.198. The number of nitrogens with zero attached hydrogens (tertiary/aromatic N) is 3. The van der Waals surface area contributed by atoms with E-state index in [1.807, 2.05) is 46.0 Å². The van der Waals surface area contributed by atoms with Crippen molar-refractivity contribution in [3.05, 3.63) is 65.0 Å². The van der Waals surface area contributed by atoms with Crippen molar-refractivity contribution in [2.24, 2.45) is 7.05 Å². The molecule has 0 spiro atoms. The number of hydrogen-bond donors (Lipinski definition) is 1. The van der Waals surface area contributed by atoms with Crippen LogP contribution in [-0.4, -0.2) is 20.7 Å². The van der Waals surface area contributed by atoms with E-state index >= 15 is 0 Å². The summed E-state index contributed by atoms with van der Waals surface area (Å²) in [5.74, 6) is 0.410. The summed E-state index contributed by atoms with van der Waals surface area (Å²) in [6.45, 7) is 5.89. The Morgan fingerprint density at radius 2 is 1.85 bits per heavy atom. The van der Waals surface area contributed by atoms with Gasteiger partial charge in [-0.15, -0.1) is 0 Å². The third-order valence-electron chi connectivity index (χ3n) is 4.47. The normalized spacial score (nSPS) is 11.1. The molecule has 0 unspecified atom stereocenters. The molecule has 136 valence electrons. The Hall–Kier alpha value is -3.41. The van der Waals surface area contributed by atoms with Gasteiger partial charge in [0.05, 0.1) is 22.9 Å². The van der Waals surface area contributed by atoms with Crippen molar-refractivity contribution >= 4 is 22.6 Å². The van der Waals surface area contributed by atoms with Crippen molar-refractivity contribution in [2.75, 3.05) is 5.32 Å². The monoisotopic (exact) mass is 360 g/mol. The predicted octanol–water partition coefficient (Wildman–Crippen LogP) is 4.41. The molecule has 4 rings (SSSR count). The predicted molar refractivity (Wildman–Crippen MR) is 105 cm³/mol. The third kappa shape index (κ3) is 3.10. The van der Waals surface area contributed by atoms with Gasteiger partial charge in [-0.25, -0.2) is 4.98 Å². The van der Waals surface area contributed by atoms with Crippen molar-refractivity contribution in [1.82, 2.24) is 14.8 Å². The summed E-state index contributed by atoms with van der Waals surface area (Å²) in [5.41, 5.74) is 5.49. The largest absolute Gasteiger partial charge is 0.463 e. The lowest BCUT2D eigenvalue weighted by molar-refractivity contribution is 0.102. The van der Waals surface area contributed by atoms with Crippen LogP contribution in [0.5, 0.6) is 0 Å². The van der Waals surface area contributed by atoms with Crippen LogP contribution >= 0.6 is 0 Å². The van der Waals surface area contributed by atoms with Gasteiger partial charge in [0, 0.05) is 12.7 Å². The molecule has 1 amide bonds. The molecule has 0 saturated carbocycles. The van der Waals surface area contributed by atoms with Gasteiger partial charge in [-0.1, -0.05) is 6.07 Å². The van der Waals surface area contributed by atoms with Crippen LogP contribution in [0.1, 0.15) is 27.2 Å². The molecule has 3 heterocycles. The Labute approximate surface area is 156 Å². The van der Waals surface area contributed by atoms with Gasteiger partial charge in [-0.2, -0.15) is 5.10 Å². The molecule has 1 N–H and O–H groups in total. The van der Waals surface area contributed by atoms with Crippen LogP contribution in [0.2, 0.25) is 0 Å². The fourth-order valence-corrected chi connectivity index (χ4v) is 3.42. The molecule has 0 aliphatic carbocycles. The molecule has 0 saturated heterocycles. The van der Waals surface area contributed by atoms with Crippen LogP contribution < -0.4 is 5.32 Å². The maximum absolute atomic E-state index is 13.1. The number of pyridine rings is 1. The van der Waals surface area contributed by atoms with Crippen LogP contribution in [-0.2, 0) is 7.05 Å². The molecule has 0 fully saturated rings. The Kier molecular flexibility index (Phi) is 4.03. The summed E-state index contributed by atoms with van der Waals surface area (Å²) in [5, 5.41) is 8.19. The van der Waals surface area contributed by atoms with Crippen LogP contribution in [0.3, 0.4) is 0 Å². The first kappa shape index (κ1) is 17.0. The highest BCUT2D eigenvalue weighted by Crippen LogP contribution is 2.28. The maximum atomic E-state index is 13.1. The number of benzene rings is 1. The number of aryl methyl sites for hydroxylation is 4. The van der Waals surface area contributed by atoms with E-state index in [4.69, 9.17) is 4.42 Å². The van der Waals surface area contributed by atoms with Crippen molar-refractivity contribution in [3.63, 3.8) is 0 Å². The number of carbonyl (C=O) groups is 1. The fraction of sp³-hybridized carbons (Fsp3) is 0.190. The first-order chi connectivity index (χ1) is 12.9. The minimum absolute atomic E-state index is 0.198. The number of fused-ring (bicyclic) bond motifs is 1. The minimum Gasteiger partial charge on any atom is -0.463 e. The molecule has 4 aromatic rings. The second-order valence-electron chi connectivity index (χ2n) is 6.77. The number of nitrogens with one attached hydrogen (secondary N) is 1. The first-order valence-corrected chi connectivity index (χ1v) is 8.70. The molecule has 27 heavy (non-hydrogen) atoms. The SMILES string of the molecule is Cc1cc(C)cc(NC(=O)c2cc(-c3ccco3)nc3c2c(C)nn3C)c1. The van der Waals surface area contributed by atoms with E-state index in [-0.39, 0.29) is 5.91 Å². The zero-order chi connectivity index (χ0) is 19.1. The molecule has 6 nitrogen and oxygen atoms in total. The lowest BCUT2D eigenvalue weighted by atomic mass is 10.1. The summed E-state index contributed by atoms with van der Waals surface area (Å²) < 4.78 is 7.16. The number of hydrogen-bond acceptors (Lipinski definition) is 4. The van der Waals surface area contributed by atoms with Gasteiger partial charge in [0.2, 0.25) is 0 Å². The Morgan fingerprint density at radius 1 is 1.11 bits per heavy atom. The van der Waals surface area contributed by atoms with Gasteiger partial charge in [0.15, 0.2) is 11.4 Å². The molecule has 1 aromatic carbocycles. The van der Waals surface area contributed by atoms with E-state index < -0.39 is 0 Å². The lowest BCUT2D eigenvalue weighted by Gasteiger charge is -2.10. The van der Waals surface area contributed by atoms with E-state index in [0.29, 0.717) is 22.7 Å². The molecule has 0 bridgehead atoms. The molecule has 0 aliphatic heterocycles. The highest BCUT2D eigenvalue weighted by Gasteiger charge is 2.20. The number of carbonyl (C=O) groups excluding carboxylic acids is 1. The topological polar surface area (TPSA) is 73.0 Å². The van der Waals surface area contributed by atoms with Crippen molar-refractivity contribution in [3.8, 4) is 11.5 Å². The molecule has 0 atom stereocenters. The maximum Gasteiger partial charge on any atom is 0.256 e. The summed E-state index contributed by atoms with van der Waals surface area (Å²) in [4.78, 5) is 17.8. The molecular weight excluding hydrogens is 340 g/mol. The van der Waals surface area contributed by atoms with Gasteiger partial charge in [0.25, 0.3) is 5.91 Å². The summed E-state index contributed by atoms with van der Waals surface area (Å²) >= 11 is 0. The number of rotatable bonds is 3. The second-order valence-corrected chi connectivity index (χ2v) is 6.77. The zero-order valence-corrected chi connectivity index (χ0v) is 15.7. The number of anilines is 1. The van der Waals surface area contributed by atoms with Crippen LogP contribution in [0, 0.1) is 20.8 Å². The average Bonchev–Trinajstić information content (AvgIpc) is 3.22.